The summed E-state index contributed by atoms with van der Waals surface area (Å²) in [6.45, 7) is 3.52. The molecular formula is C22H41N7O8. The highest BCUT2D eigenvalue weighted by atomic mass is 16.5. The minimum absolute atomic E-state index is 0.101. The van der Waals surface area contributed by atoms with Gasteiger partial charge in [-0.3, -0.25) is 30.0 Å². The summed E-state index contributed by atoms with van der Waals surface area (Å²) in [5.41, 5.74) is 10.1. The quantitative estimate of drug-likeness (QED) is 0.156. The predicted molar refractivity (Wildman–Crippen MR) is 132 cm³/mol. The van der Waals surface area contributed by atoms with E-state index in [-0.39, 0.29) is 45.3 Å². The van der Waals surface area contributed by atoms with Crippen LogP contribution in [0.2, 0.25) is 0 Å². The molecule has 9 N–H and O–H groups in total. The number of aliphatic hydroxyl groups is 1. The standard InChI is InChI=1S/C22H41N7O8/c1-3-14(2)18-21(34)29-28-20(33)15(6-4-5-7-23)25-22(35)26-16(12-30)19(32)24-8-9-36-10-11-37-13-17(31)27-18/h14-16,18,30H,3-13,23H2,1-2H3,(H,24,32)(H,27,31)(H,28,33)(H,29,34)(H2,25,26,35)/t14?,15-,16-,18-/m0/s1. The van der Waals surface area contributed by atoms with Crippen LogP contribution in [0.25, 0.3) is 0 Å². The molecule has 212 valence electrons. The SMILES string of the molecule is CCC(C)[C@@H]1NC(=O)COCCOCCNC(=O)[C@H](CO)NC(=O)N[C@@H](CCCCN)C(=O)NNC1=O. The minimum Gasteiger partial charge on any atom is -0.394 e. The van der Waals surface area contributed by atoms with Crippen molar-refractivity contribution in [3.8, 4) is 0 Å². The monoisotopic (exact) mass is 531 g/mol. The van der Waals surface area contributed by atoms with Crippen LogP contribution in [0.1, 0.15) is 39.5 Å². The van der Waals surface area contributed by atoms with Crippen LogP contribution in [0, 0.1) is 5.92 Å². The second-order valence-electron chi connectivity index (χ2n) is 8.56. The molecule has 0 bridgehead atoms. The molecular weight excluding hydrogens is 490 g/mol. The van der Waals surface area contributed by atoms with Gasteiger partial charge in [-0.2, -0.15) is 0 Å². The maximum Gasteiger partial charge on any atom is 0.316 e. The Morgan fingerprint density at radius 3 is 2.27 bits per heavy atom. The lowest BCUT2D eigenvalue weighted by Crippen LogP contribution is -2.59. The molecule has 0 aromatic heterocycles. The number of hydrogen-bond donors (Lipinski definition) is 8. The highest BCUT2D eigenvalue weighted by Gasteiger charge is 2.28. The van der Waals surface area contributed by atoms with E-state index < -0.39 is 54.4 Å². The van der Waals surface area contributed by atoms with Gasteiger partial charge in [0, 0.05) is 6.54 Å². The molecule has 6 amide bonds. The average Bonchev–Trinajstić information content (AvgIpc) is 2.88. The van der Waals surface area contributed by atoms with Crippen LogP contribution in [-0.2, 0) is 28.7 Å². The maximum absolute atomic E-state index is 12.8. The molecule has 1 heterocycles. The Hall–Kier alpha value is -3.01. The first-order valence-electron chi connectivity index (χ1n) is 12.4. The third-order valence-corrected chi connectivity index (χ3v) is 5.64. The Morgan fingerprint density at radius 1 is 0.919 bits per heavy atom. The number of ether oxygens (including phenoxy) is 2. The molecule has 1 fully saturated rings. The molecule has 1 unspecified atom stereocenters. The van der Waals surface area contributed by atoms with Crippen LogP contribution in [0.4, 0.5) is 4.79 Å². The van der Waals surface area contributed by atoms with Gasteiger partial charge in [0.05, 0.1) is 26.4 Å². The number of nitrogens with one attached hydrogen (secondary N) is 6. The fraction of sp³-hybridized carbons (Fsp3) is 0.773. The molecule has 15 nitrogen and oxygen atoms in total. The largest absolute Gasteiger partial charge is 0.394 e. The Morgan fingerprint density at radius 2 is 1.59 bits per heavy atom. The first kappa shape index (κ1) is 32.0. The zero-order valence-electron chi connectivity index (χ0n) is 21.5. The second-order valence-corrected chi connectivity index (χ2v) is 8.56. The van der Waals surface area contributed by atoms with Crippen LogP contribution >= 0.6 is 0 Å². The van der Waals surface area contributed by atoms with Crippen molar-refractivity contribution in [3.63, 3.8) is 0 Å². The number of rotatable bonds is 7. The van der Waals surface area contributed by atoms with Crippen molar-refractivity contribution in [1.29, 1.82) is 0 Å². The van der Waals surface area contributed by atoms with E-state index in [1.54, 1.807) is 6.92 Å². The van der Waals surface area contributed by atoms with Gasteiger partial charge in [-0.25, -0.2) is 4.79 Å². The number of amides is 6. The lowest BCUT2D eigenvalue weighted by Gasteiger charge is -2.25. The van der Waals surface area contributed by atoms with Crippen LogP contribution in [0.5, 0.6) is 0 Å². The molecule has 0 spiro atoms. The number of hydrogen-bond acceptors (Lipinski definition) is 9. The summed E-state index contributed by atoms with van der Waals surface area (Å²) in [5.74, 6) is -2.78. The molecule has 0 saturated carbocycles. The fourth-order valence-electron chi connectivity index (χ4n) is 3.27. The zero-order valence-corrected chi connectivity index (χ0v) is 21.5. The van der Waals surface area contributed by atoms with E-state index in [0.29, 0.717) is 25.8 Å². The van der Waals surface area contributed by atoms with Gasteiger partial charge in [0.15, 0.2) is 0 Å². The van der Waals surface area contributed by atoms with E-state index in [2.05, 4.69) is 32.1 Å². The Labute approximate surface area is 216 Å². The smallest absolute Gasteiger partial charge is 0.316 e. The van der Waals surface area contributed by atoms with E-state index in [1.165, 1.54) is 0 Å². The summed E-state index contributed by atoms with van der Waals surface area (Å²) in [6.07, 6.45) is 1.86. The van der Waals surface area contributed by atoms with Crippen LogP contribution in [0.15, 0.2) is 0 Å². The van der Waals surface area contributed by atoms with Crippen molar-refractivity contribution in [2.24, 2.45) is 11.7 Å². The van der Waals surface area contributed by atoms with Crippen molar-refractivity contribution in [2.45, 2.75) is 57.7 Å². The molecule has 1 rings (SSSR count). The lowest BCUT2D eigenvalue weighted by molar-refractivity contribution is -0.135. The van der Waals surface area contributed by atoms with Gasteiger partial charge in [0.1, 0.15) is 24.7 Å². The predicted octanol–water partition coefficient (Wildman–Crippen LogP) is -3.01. The average molecular weight is 532 g/mol. The van der Waals surface area contributed by atoms with Crippen LogP contribution in [-0.4, -0.2) is 99.0 Å². The van der Waals surface area contributed by atoms with E-state index in [1.807, 2.05) is 6.92 Å². The summed E-state index contributed by atoms with van der Waals surface area (Å²) in [5, 5.41) is 19.4. The van der Waals surface area contributed by atoms with Crippen molar-refractivity contribution in [1.82, 2.24) is 32.1 Å². The number of carbonyl (C=O) groups excluding carboxylic acids is 5. The van der Waals surface area contributed by atoms with E-state index in [9.17, 15) is 29.1 Å². The highest BCUT2D eigenvalue weighted by Crippen LogP contribution is 2.08. The number of unbranched alkanes of at least 4 members (excludes halogenated alkanes) is 1. The summed E-state index contributed by atoms with van der Waals surface area (Å²) in [7, 11) is 0. The summed E-state index contributed by atoms with van der Waals surface area (Å²) in [6, 6.07) is -4.15. The number of hydrazine groups is 1. The molecule has 0 aromatic rings. The minimum atomic E-state index is -1.27. The van der Waals surface area contributed by atoms with Gasteiger partial charge in [-0.15, -0.1) is 0 Å². The summed E-state index contributed by atoms with van der Waals surface area (Å²) < 4.78 is 10.6. The molecule has 1 saturated heterocycles. The van der Waals surface area contributed by atoms with Gasteiger partial charge >= 0.3 is 6.03 Å². The molecule has 1 aliphatic heterocycles. The molecule has 0 radical (unpaired) electrons. The van der Waals surface area contributed by atoms with Gasteiger partial charge in [-0.1, -0.05) is 20.3 Å². The third kappa shape index (κ3) is 12.7. The van der Waals surface area contributed by atoms with E-state index >= 15 is 0 Å². The molecule has 4 atom stereocenters. The number of urea groups is 1. The zero-order chi connectivity index (χ0) is 27.6. The first-order valence-corrected chi connectivity index (χ1v) is 12.4. The van der Waals surface area contributed by atoms with Crippen molar-refractivity contribution < 1.29 is 38.6 Å². The third-order valence-electron chi connectivity index (χ3n) is 5.64. The molecule has 37 heavy (non-hydrogen) atoms. The van der Waals surface area contributed by atoms with E-state index in [4.69, 9.17) is 15.2 Å². The van der Waals surface area contributed by atoms with Gasteiger partial charge in [0.25, 0.3) is 11.8 Å². The van der Waals surface area contributed by atoms with Crippen molar-refractivity contribution >= 4 is 29.7 Å². The molecule has 0 aromatic carbocycles. The summed E-state index contributed by atoms with van der Waals surface area (Å²) in [4.78, 5) is 62.6. The number of aliphatic hydroxyl groups excluding tert-OH is 1. The van der Waals surface area contributed by atoms with Gasteiger partial charge < -0.3 is 41.6 Å². The van der Waals surface area contributed by atoms with Crippen LogP contribution < -0.4 is 37.9 Å². The Balaban J connectivity index is 3.01. The molecule has 15 heteroatoms. The maximum atomic E-state index is 12.8. The normalized spacial score (nSPS) is 24.8. The van der Waals surface area contributed by atoms with Crippen LogP contribution in [0.3, 0.4) is 0 Å². The lowest BCUT2D eigenvalue weighted by atomic mass is 9.98. The highest BCUT2D eigenvalue weighted by molar-refractivity contribution is 5.92. The van der Waals surface area contributed by atoms with Gasteiger partial charge in [0.2, 0.25) is 11.8 Å². The van der Waals surface area contributed by atoms with E-state index in [0.717, 1.165) is 0 Å². The van der Waals surface area contributed by atoms with Gasteiger partial charge in [-0.05, 0) is 31.7 Å². The summed E-state index contributed by atoms with van der Waals surface area (Å²) >= 11 is 0. The molecule has 0 aliphatic carbocycles. The fourth-order valence-corrected chi connectivity index (χ4v) is 3.27. The van der Waals surface area contributed by atoms with Crippen molar-refractivity contribution in [3.05, 3.63) is 0 Å². The first-order chi connectivity index (χ1) is 17.7. The van der Waals surface area contributed by atoms with Crippen molar-refractivity contribution in [2.75, 3.05) is 46.1 Å². The molecule has 1 aliphatic rings. The second kappa shape index (κ2) is 18.3. The number of nitrogens with two attached hydrogens (primary N) is 1. The topological polar surface area (TPSA) is 222 Å². The Kier molecular flexibility index (Phi) is 15.8. The Bertz CT molecular complexity index is 755. The number of carbonyl (C=O) groups is 5.